The predicted octanol–water partition coefficient (Wildman–Crippen LogP) is 2.48. The van der Waals surface area contributed by atoms with E-state index in [1.807, 2.05) is 6.92 Å². The first-order valence-corrected chi connectivity index (χ1v) is 6.13. The molecule has 0 aliphatic heterocycles. The predicted molar refractivity (Wildman–Crippen MR) is 66.4 cm³/mol. The van der Waals surface area contributed by atoms with E-state index in [1.165, 1.54) is 12.1 Å². The molecular weight excluding hydrogens is 275 g/mol. The minimum Gasteiger partial charge on any atom is -0.406 e. The van der Waals surface area contributed by atoms with Crippen LogP contribution >= 0.6 is 0 Å². The van der Waals surface area contributed by atoms with Gasteiger partial charge in [-0.15, -0.1) is 13.2 Å². The molecule has 1 aromatic rings. The molecule has 0 spiro atoms. The number of hydrogen-bond acceptors (Lipinski definition) is 3. The van der Waals surface area contributed by atoms with Gasteiger partial charge in [0.05, 0.1) is 0 Å². The van der Waals surface area contributed by atoms with Crippen LogP contribution in [-0.4, -0.2) is 30.0 Å². The van der Waals surface area contributed by atoms with Crippen molar-refractivity contribution in [1.29, 1.82) is 0 Å². The van der Waals surface area contributed by atoms with E-state index < -0.39 is 12.3 Å². The van der Waals surface area contributed by atoms with E-state index in [0.29, 0.717) is 12.8 Å². The van der Waals surface area contributed by atoms with Crippen LogP contribution in [0.15, 0.2) is 24.3 Å². The van der Waals surface area contributed by atoms with Gasteiger partial charge in [0.25, 0.3) is 5.91 Å². The maximum absolute atomic E-state index is 12.0. The maximum Gasteiger partial charge on any atom is 0.573 e. The topological polar surface area (TPSA) is 58.6 Å². The Balaban J connectivity index is 2.66. The van der Waals surface area contributed by atoms with Gasteiger partial charge in [-0.25, -0.2) is 0 Å². The lowest BCUT2D eigenvalue weighted by atomic mass is 10.1. The molecule has 1 aromatic carbocycles. The van der Waals surface area contributed by atoms with E-state index in [1.54, 1.807) is 0 Å². The van der Waals surface area contributed by atoms with Gasteiger partial charge in [0.15, 0.2) is 0 Å². The number of alkyl halides is 3. The molecule has 0 bridgehead atoms. The van der Waals surface area contributed by atoms with Gasteiger partial charge in [-0.1, -0.05) is 6.92 Å². The Morgan fingerprint density at radius 2 is 1.95 bits per heavy atom. The number of aliphatic hydroxyl groups excluding tert-OH is 1. The van der Waals surface area contributed by atoms with Crippen molar-refractivity contribution < 1.29 is 27.8 Å². The van der Waals surface area contributed by atoms with E-state index in [-0.39, 0.29) is 24.0 Å². The second-order valence-corrected chi connectivity index (χ2v) is 4.16. The Morgan fingerprint density at radius 1 is 1.35 bits per heavy atom. The van der Waals surface area contributed by atoms with Gasteiger partial charge in [0, 0.05) is 18.2 Å². The summed E-state index contributed by atoms with van der Waals surface area (Å²) in [5, 5.41) is 11.5. The summed E-state index contributed by atoms with van der Waals surface area (Å²) in [6.07, 6.45) is -3.67. The van der Waals surface area contributed by atoms with E-state index in [9.17, 15) is 18.0 Å². The molecule has 20 heavy (non-hydrogen) atoms. The zero-order valence-electron chi connectivity index (χ0n) is 10.9. The average molecular weight is 291 g/mol. The first kappa shape index (κ1) is 16.3. The second-order valence-electron chi connectivity index (χ2n) is 4.16. The fourth-order valence-corrected chi connectivity index (χ4v) is 1.61. The number of nitrogens with one attached hydrogen (secondary N) is 1. The number of benzene rings is 1. The van der Waals surface area contributed by atoms with Crippen LogP contribution in [0.4, 0.5) is 13.2 Å². The SMILES string of the molecule is CCC(CCO)NC(=O)c1ccc(OC(F)(F)F)cc1. The van der Waals surface area contributed by atoms with Crippen molar-refractivity contribution >= 4 is 5.91 Å². The van der Waals surface area contributed by atoms with Crippen molar-refractivity contribution in [2.75, 3.05) is 6.61 Å². The van der Waals surface area contributed by atoms with Crippen LogP contribution in [0.25, 0.3) is 0 Å². The molecule has 1 unspecified atom stereocenters. The van der Waals surface area contributed by atoms with Crippen molar-refractivity contribution in [2.24, 2.45) is 0 Å². The summed E-state index contributed by atoms with van der Waals surface area (Å²) < 4.78 is 39.6. The largest absolute Gasteiger partial charge is 0.573 e. The van der Waals surface area contributed by atoms with Crippen LogP contribution in [0.5, 0.6) is 5.75 Å². The molecule has 1 atom stereocenters. The molecule has 7 heteroatoms. The number of carbonyl (C=O) groups excluding carboxylic acids is 1. The lowest BCUT2D eigenvalue weighted by Crippen LogP contribution is -2.35. The van der Waals surface area contributed by atoms with Crippen molar-refractivity contribution in [2.45, 2.75) is 32.2 Å². The highest BCUT2D eigenvalue weighted by Gasteiger charge is 2.31. The van der Waals surface area contributed by atoms with Crippen molar-refractivity contribution in [3.63, 3.8) is 0 Å². The fraction of sp³-hybridized carbons (Fsp3) is 0.462. The minimum absolute atomic E-state index is 0.0445. The van der Waals surface area contributed by atoms with Crippen molar-refractivity contribution in [3.05, 3.63) is 29.8 Å². The van der Waals surface area contributed by atoms with Crippen LogP contribution in [0.1, 0.15) is 30.1 Å². The normalized spacial score (nSPS) is 12.8. The Kier molecular flexibility index (Phi) is 5.82. The monoisotopic (exact) mass is 291 g/mol. The molecule has 0 saturated carbocycles. The number of ether oxygens (including phenoxy) is 1. The van der Waals surface area contributed by atoms with Gasteiger partial charge < -0.3 is 15.2 Å². The van der Waals surface area contributed by atoms with Gasteiger partial charge in [-0.05, 0) is 37.1 Å². The van der Waals surface area contributed by atoms with E-state index in [0.717, 1.165) is 12.1 Å². The fourth-order valence-electron chi connectivity index (χ4n) is 1.61. The third-order valence-corrected chi connectivity index (χ3v) is 2.66. The molecular formula is C13H16F3NO3. The average Bonchev–Trinajstić information content (AvgIpc) is 2.37. The van der Waals surface area contributed by atoms with Crippen molar-refractivity contribution in [3.8, 4) is 5.75 Å². The number of halogens is 3. The molecule has 0 radical (unpaired) electrons. The summed E-state index contributed by atoms with van der Waals surface area (Å²) in [6.45, 7) is 1.82. The summed E-state index contributed by atoms with van der Waals surface area (Å²) >= 11 is 0. The quantitative estimate of drug-likeness (QED) is 0.846. The summed E-state index contributed by atoms with van der Waals surface area (Å²) in [6, 6.07) is 4.49. The first-order chi connectivity index (χ1) is 9.35. The van der Waals surface area contributed by atoms with Gasteiger partial charge >= 0.3 is 6.36 Å². The van der Waals surface area contributed by atoms with E-state index >= 15 is 0 Å². The van der Waals surface area contributed by atoms with E-state index in [4.69, 9.17) is 5.11 Å². The molecule has 0 aromatic heterocycles. The molecule has 0 saturated heterocycles. The summed E-state index contributed by atoms with van der Waals surface area (Å²) in [5.74, 6) is -0.777. The summed E-state index contributed by atoms with van der Waals surface area (Å²) in [5.41, 5.74) is 0.232. The number of carbonyl (C=O) groups is 1. The van der Waals surface area contributed by atoms with Crippen LogP contribution in [0.3, 0.4) is 0 Å². The third kappa shape index (κ3) is 5.48. The lowest BCUT2D eigenvalue weighted by molar-refractivity contribution is -0.274. The van der Waals surface area contributed by atoms with Gasteiger partial charge in [-0.2, -0.15) is 0 Å². The molecule has 0 aliphatic rings. The molecule has 0 heterocycles. The van der Waals surface area contributed by atoms with E-state index in [2.05, 4.69) is 10.1 Å². The first-order valence-electron chi connectivity index (χ1n) is 6.13. The molecule has 2 N–H and O–H groups in total. The highest BCUT2D eigenvalue weighted by Crippen LogP contribution is 2.22. The second kappa shape index (κ2) is 7.14. The number of rotatable bonds is 6. The van der Waals surface area contributed by atoms with Gasteiger partial charge in [0.2, 0.25) is 0 Å². The molecule has 0 aliphatic carbocycles. The van der Waals surface area contributed by atoms with Crippen LogP contribution in [0.2, 0.25) is 0 Å². The Labute approximate surface area is 114 Å². The van der Waals surface area contributed by atoms with Gasteiger partial charge in [0.1, 0.15) is 5.75 Å². The molecule has 1 rings (SSSR count). The maximum atomic E-state index is 12.0. The highest BCUT2D eigenvalue weighted by atomic mass is 19.4. The Bertz CT molecular complexity index is 431. The highest BCUT2D eigenvalue weighted by molar-refractivity contribution is 5.94. The van der Waals surface area contributed by atoms with Crippen LogP contribution in [0, 0.1) is 0 Å². The zero-order valence-corrected chi connectivity index (χ0v) is 10.9. The lowest BCUT2D eigenvalue weighted by Gasteiger charge is -2.16. The number of aliphatic hydroxyl groups is 1. The number of amides is 1. The minimum atomic E-state index is -4.75. The van der Waals surface area contributed by atoms with Crippen LogP contribution < -0.4 is 10.1 Å². The Hall–Kier alpha value is -1.76. The molecule has 0 fully saturated rings. The van der Waals surface area contributed by atoms with Gasteiger partial charge in [-0.3, -0.25) is 4.79 Å². The summed E-state index contributed by atoms with van der Waals surface area (Å²) in [4.78, 5) is 11.8. The molecule has 4 nitrogen and oxygen atoms in total. The van der Waals surface area contributed by atoms with Crippen LogP contribution in [-0.2, 0) is 0 Å². The zero-order chi connectivity index (χ0) is 15.2. The van der Waals surface area contributed by atoms with Crippen molar-refractivity contribution in [1.82, 2.24) is 5.32 Å². The summed E-state index contributed by atoms with van der Waals surface area (Å²) in [7, 11) is 0. The Morgan fingerprint density at radius 3 is 2.40 bits per heavy atom. The third-order valence-electron chi connectivity index (χ3n) is 2.66. The smallest absolute Gasteiger partial charge is 0.406 e. The number of hydrogen-bond donors (Lipinski definition) is 2. The standard InChI is InChI=1S/C13H16F3NO3/c1-2-10(7-8-18)17-12(19)9-3-5-11(6-4-9)20-13(14,15)16/h3-6,10,18H,2,7-8H2,1H3,(H,17,19). The molecule has 1 amide bonds. The molecule has 112 valence electrons.